The monoisotopic (exact) mass is 288 g/mol. The quantitative estimate of drug-likeness (QED) is 0.766. The fraction of sp³-hybridized carbons (Fsp3) is 1.00. The van der Waals surface area contributed by atoms with Gasteiger partial charge < -0.3 is 10.2 Å². The van der Waals surface area contributed by atoms with Gasteiger partial charge in [-0.2, -0.15) is 0 Å². The van der Waals surface area contributed by atoms with E-state index in [4.69, 9.17) is 0 Å². The molecule has 0 saturated heterocycles. The minimum absolute atomic E-state index is 0.327. The Balaban J connectivity index is 1.39. The van der Waals surface area contributed by atoms with Crippen molar-refractivity contribution >= 4 is 0 Å². The molecule has 12 atom stereocenters. The molecule has 6 rings (SSSR count). The summed E-state index contributed by atoms with van der Waals surface area (Å²) in [7, 11) is 0. The minimum Gasteiger partial charge on any atom is -0.396 e. The van der Waals surface area contributed by atoms with E-state index in [-0.39, 0.29) is 0 Å². The van der Waals surface area contributed by atoms with Crippen molar-refractivity contribution < 1.29 is 10.2 Å². The van der Waals surface area contributed by atoms with Gasteiger partial charge in [-0.05, 0) is 103 Å². The van der Waals surface area contributed by atoms with Crippen LogP contribution in [0.1, 0.15) is 32.1 Å². The van der Waals surface area contributed by atoms with Gasteiger partial charge in [0, 0.05) is 13.2 Å². The van der Waals surface area contributed by atoms with Gasteiger partial charge in [-0.15, -0.1) is 0 Å². The Morgan fingerprint density at radius 1 is 0.571 bits per heavy atom. The molecule has 0 aromatic rings. The van der Waals surface area contributed by atoms with Gasteiger partial charge in [0.15, 0.2) is 0 Å². The van der Waals surface area contributed by atoms with E-state index < -0.39 is 0 Å². The number of rotatable bonds is 2. The summed E-state index contributed by atoms with van der Waals surface area (Å²) < 4.78 is 0. The predicted molar refractivity (Wildman–Crippen MR) is 79.1 cm³/mol. The lowest BCUT2D eigenvalue weighted by Crippen LogP contribution is -2.46. The van der Waals surface area contributed by atoms with E-state index in [0.29, 0.717) is 25.0 Å². The van der Waals surface area contributed by atoms with Crippen LogP contribution in [0.4, 0.5) is 0 Å². The molecule has 21 heavy (non-hydrogen) atoms. The van der Waals surface area contributed by atoms with Crippen molar-refractivity contribution in [1.82, 2.24) is 0 Å². The Kier molecular flexibility index (Phi) is 2.28. The van der Waals surface area contributed by atoms with Crippen molar-refractivity contribution in [3.8, 4) is 0 Å². The van der Waals surface area contributed by atoms with Crippen LogP contribution < -0.4 is 0 Å². The van der Waals surface area contributed by atoms with Crippen LogP contribution in [0.2, 0.25) is 0 Å². The first-order valence-corrected chi connectivity index (χ1v) is 9.55. The average Bonchev–Trinajstić information content (AvgIpc) is 3.30. The summed E-state index contributed by atoms with van der Waals surface area (Å²) in [5.41, 5.74) is 0. The fourth-order valence-corrected chi connectivity index (χ4v) is 9.61. The third-order valence-corrected chi connectivity index (χ3v) is 9.62. The van der Waals surface area contributed by atoms with Crippen LogP contribution in [0, 0.1) is 71.0 Å². The molecule has 0 aliphatic heterocycles. The molecule has 0 aromatic carbocycles. The normalized spacial score (nSPS) is 68.9. The molecule has 6 saturated carbocycles. The second kappa shape index (κ2) is 3.87. The van der Waals surface area contributed by atoms with Crippen molar-refractivity contribution in [1.29, 1.82) is 0 Å². The first-order chi connectivity index (χ1) is 10.3. The predicted octanol–water partition coefficient (Wildman–Crippen LogP) is 2.40. The molecule has 0 amide bonds. The highest BCUT2D eigenvalue weighted by molar-refractivity contribution is 5.20. The average molecular weight is 288 g/mol. The maximum atomic E-state index is 9.86. The van der Waals surface area contributed by atoms with Crippen molar-refractivity contribution in [3.63, 3.8) is 0 Å². The van der Waals surface area contributed by atoms with Gasteiger partial charge in [-0.25, -0.2) is 0 Å². The van der Waals surface area contributed by atoms with Gasteiger partial charge in [0.05, 0.1) is 0 Å². The van der Waals surface area contributed by atoms with Crippen LogP contribution in [-0.2, 0) is 0 Å². The second-order valence-corrected chi connectivity index (χ2v) is 9.46. The second-order valence-electron chi connectivity index (χ2n) is 9.46. The number of aliphatic hydroxyl groups is 2. The summed E-state index contributed by atoms with van der Waals surface area (Å²) in [5, 5.41) is 19.7. The molecular formula is C19H28O2. The molecule has 116 valence electrons. The van der Waals surface area contributed by atoms with E-state index in [9.17, 15) is 10.2 Å². The number of hydrogen-bond acceptors (Lipinski definition) is 2. The van der Waals surface area contributed by atoms with Gasteiger partial charge in [-0.1, -0.05) is 0 Å². The van der Waals surface area contributed by atoms with Crippen LogP contribution >= 0.6 is 0 Å². The molecular weight excluding hydrogens is 260 g/mol. The standard InChI is InChI=1S/C19H28O2/c20-6-14-10-4-11(15(14)7-21)19-13-5-12(18(10)19)16-8-1-2-9(3-8)17(13)16/h8-21H,1-7H2/t8-,9+,10-,11+,12+,13-,14?,15?,16?,17?,18?,19?. The molecule has 6 aliphatic carbocycles. The van der Waals surface area contributed by atoms with Crippen LogP contribution in [0.5, 0.6) is 0 Å². The number of aliphatic hydroxyl groups excluding tert-OH is 2. The van der Waals surface area contributed by atoms with E-state index in [2.05, 4.69) is 0 Å². The molecule has 6 fully saturated rings. The summed E-state index contributed by atoms with van der Waals surface area (Å²) >= 11 is 0. The maximum absolute atomic E-state index is 9.86. The van der Waals surface area contributed by atoms with Gasteiger partial charge in [0.25, 0.3) is 0 Å². The van der Waals surface area contributed by atoms with Crippen LogP contribution in [-0.4, -0.2) is 23.4 Å². The van der Waals surface area contributed by atoms with E-state index in [0.717, 1.165) is 59.2 Å². The van der Waals surface area contributed by atoms with Gasteiger partial charge >= 0.3 is 0 Å². The zero-order valence-corrected chi connectivity index (χ0v) is 12.8. The molecule has 0 heterocycles. The SMILES string of the molecule is OCC1C(CO)[C@@H]2C[C@H]1C1C2[C@@H]2C[C@H]1C1C2[C@H]2CC[C@@H]1C2. The summed E-state index contributed by atoms with van der Waals surface area (Å²) in [6, 6.07) is 0. The largest absolute Gasteiger partial charge is 0.396 e. The number of hydrogen-bond donors (Lipinski definition) is 2. The van der Waals surface area contributed by atoms with Crippen molar-refractivity contribution in [2.24, 2.45) is 71.0 Å². The zero-order valence-electron chi connectivity index (χ0n) is 12.8. The molecule has 0 aromatic heterocycles. The van der Waals surface area contributed by atoms with E-state index in [1.807, 2.05) is 0 Å². The summed E-state index contributed by atoms with van der Waals surface area (Å²) in [6.45, 7) is 0.653. The zero-order chi connectivity index (χ0) is 13.9. The fourth-order valence-electron chi connectivity index (χ4n) is 9.61. The maximum Gasteiger partial charge on any atom is 0.0465 e. The Labute approximate surface area is 127 Å². The van der Waals surface area contributed by atoms with Gasteiger partial charge in [-0.3, -0.25) is 0 Å². The van der Waals surface area contributed by atoms with Gasteiger partial charge in [0.1, 0.15) is 0 Å². The first kappa shape index (κ1) is 12.4. The highest BCUT2D eigenvalue weighted by Crippen LogP contribution is 2.77. The Morgan fingerprint density at radius 2 is 1.05 bits per heavy atom. The third-order valence-electron chi connectivity index (χ3n) is 9.62. The molecule has 6 bridgehead atoms. The molecule has 2 nitrogen and oxygen atoms in total. The van der Waals surface area contributed by atoms with E-state index in [1.54, 1.807) is 6.42 Å². The highest BCUT2D eigenvalue weighted by atomic mass is 16.3. The van der Waals surface area contributed by atoms with Crippen molar-refractivity contribution in [2.45, 2.75) is 32.1 Å². The highest BCUT2D eigenvalue weighted by Gasteiger charge is 2.72. The molecule has 0 radical (unpaired) electrons. The Morgan fingerprint density at radius 3 is 1.52 bits per heavy atom. The molecule has 6 aliphatic rings. The van der Waals surface area contributed by atoms with Crippen LogP contribution in [0.25, 0.3) is 0 Å². The van der Waals surface area contributed by atoms with Crippen molar-refractivity contribution in [2.75, 3.05) is 13.2 Å². The smallest absolute Gasteiger partial charge is 0.0465 e. The van der Waals surface area contributed by atoms with Crippen LogP contribution in [0.15, 0.2) is 0 Å². The summed E-state index contributed by atoms with van der Waals surface area (Å²) in [5.74, 6) is 10.6. The van der Waals surface area contributed by atoms with E-state index in [1.165, 1.54) is 25.7 Å². The molecule has 2 N–H and O–H groups in total. The summed E-state index contributed by atoms with van der Waals surface area (Å²) in [6.07, 6.45) is 7.49. The lowest BCUT2D eigenvalue weighted by Gasteiger charge is -2.48. The molecule has 0 spiro atoms. The topological polar surface area (TPSA) is 40.5 Å². The van der Waals surface area contributed by atoms with Crippen molar-refractivity contribution in [3.05, 3.63) is 0 Å². The lowest BCUT2D eigenvalue weighted by atomic mass is 9.56. The summed E-state index contributed by atoms with van der Waals surface area (Å²) in [4.78, 5) is 0. The van der Waals surface area contributed by atoms with Gasteiger partial charge in [0.2, 0.25) is 0 Å². The van der Waals surface area contributed by atoms with Crippen LogP contribution in [0.3, 0.4) is 0 Å². The third kappa shape index (κ3) is 1.20. The molecule has 2 heteroatoms. The lowest BCUT2D eigenvalue weighted by molar-refractivity contribution is -0.0403. The first-order valence-electron chi connectivity index (χ1n) is 9.55. The molecule has 6 unspecified atom stereocenters. The van der Waals surface area contributed by atoms with E-state index >= 15 is 0 Å². The Hall–Kier alpha value is -0.0800. The number of fused-ring (bicyclic) bond motifs is 16. The minimum atomic E-state index is 0.327. The Bertz CT molecular complexity index is 436.